The molecule has 0 amide bonds. The topological polar surface area (TPSA) is 3.24 Å². The lowest BCUT2D eigenvalue weighted by atomic mass is 9.66. The van der Waals surface area contributed by atoms with Crippen LogP contribution in [0.4, 0.5) is 17.1 Å². The van der Waals surface area contributed by atoms with Crippen LogP contribution >= 0.6 is 0 Å². The monoisotopic (exact) mass is 633 g/mol. The van der Waals surface area contributed by atoms with Gasteiger partial charge in [-0.15, -0.1) is 0 Å². The summed E-state index contributed by atoms with van der Waals surface area (Å²) in [5.74, 6) is 0. The Balaban J connectivity index is 1.30. The molecule has 1 aliphatic heterocycles. The second-order valence-corrected chi connectivity index (χ2v) is 13.5. The van der Waals surface area contributed by atoms with E-state index in [-0.39, 0.29) is 0 Å². The predicted molar refractivity (Wildman–Crippen MR) is 207 cm³/mol. The van der Waals surface area contributed by atoms with E-state index < -0.39 is 5.41 Å². The van der Waals surface area contributed by atoms with Crippen LogP contribution in [0.2, 0.25) is 0 Å². The van der Waals surface area contributed by atoms with E-state index in [9.17, 15) is 0 Å². The number of rotatable bonds is 1. The van der Waals surface area contributed by atoms with E-state index in [0.29, 0.717) is 0 Å². The van der Waals surface area contributed by atoms with Gasteiger partial charge in [-0.1, -0.05) is 170 Å². The summed E-state index contributed by atoms with van der Waals surface area (Å²) in [4.78, 5) is 2.53. The van der Waals surface area contributed by atoms with E-state index in [1.807, 2.05) is 0 Å². The second-order valence-electron chi connectivity index (χ2n) is 13.5. The van der Waals surface area contributed by atoms with Gasteiger partial charge in [-0.25, -0.2) is 0 Å². The molecule has 1 spiro atoms. The predicted octanol–water partition coefficient (Wildman–Crippen LogP) is 12.8. The molecule has 8 aromatic rings. The van der Waals surface area contributed by atoms with Gasteiger partial charge in [0.1, 0.15) is 0 Å². The summed E-state index contributed by atoms with van der Waals surface area (Å²) in [5, 5.41) is 0. The van der Waals surface area contributed by atoms with Crippen molar-refractivity contribution >= 4 is 17.1 Å². The Hall–Kier alpha value is -6.44. The minimum atomic E-state index is -0.526. The molecule has 0 fully saturated rings. The van der Waals surface area contributed by atoms with Gasteiger partial charge in [0.25, 0.3) is 0 Å². The highest BCUT2D eigenvalue weighted by Gasteiger charge is 2.50. The standard InChI is InChI=1S/C49H31N/c1-2-17-33-32(16-1)36-20-5-10-25-41(36)49(42-26-11-6-21-37(33)42)43-27-12-7-24-40(43)48-44(49)28-15-31-47(48)50-45-29-13-8-22-38(45)34-18-3-4-19-35(34)39-23-9-14-30-46(39)50/h1-31H. The molecule has 11 rings (SSSR count). The minimum absolute atomic E-state index is 0.526. The van der Waals surface area contributed by atoms with E-state index in [4.69, 9.17) is 0 Å². The molecule has 1 nitrogen and oxygen atoms in total. The number of benzene rings is 8. The molecule has 232 valence electrons. The number of hydrogen-bond acceptors (Lipinski definition) is 1. The molecule has 0 radical (unpaired) electrons. The third kappa shape index (κ3) is 3.46. The quantitative estimate of drug-likeness (QED) is 0.174. The SMILES string of the molecule is c1ccc2c(c1)-c1ccccc1N(c1cccc3c1-c1ccccc1C31c3ccccc3-c3ccccc3-c3ccccc31)c1ccccc1-2. The maximum atomic E-state index is 2.53. The fourth-order valence-corrected chi connectivity index (χ4v) is 9.40. The van der Waals surface area contributed by atoms with Crippen molar-refractivity contribution in [3.05, 3.63) is 210 Å². The van der Waals surface area contributed by atoms with Crippen molar-refractivity contribution in [1.29, 1.82) is 0 Å². The lowest BCUT2D eigenvalue weighted by molar-refractivity contribution is 0.775. The Morgan fingerprint density at radius 1 is 0.240 bits per heavy atom. The van der Waals surface area contributed by atoms with Crippen LogP contribution in [0.3, 0.4) is 0 Å². The van der Waals surface area contributed by atoms with Crippen LogP contribution in [0.25, 0.3) is 55.6 Å². The molecule has 0 bridgehead atoms. The molecule has 0 saturated carbocycles. The van der Waals surface area contributed by atoms with Crippen LogP contribution < -0.4 is 4.90 Å². The third-order valence-corrected chi connectivity index (χ3v) is 11.3. The van der Waals surface area contributed by atoms with Crippen LogP contribution in [0.15, 0.2) is 188 Å². The van der Waals surface area contributed by atoms with E-state index in [1.54, 1.807) is 0 Å². The molecule has 0 aromatic heterocycles. The molecule has 0 unspecified atom stereocenters. The highest BCUT2D eigenvalue weighted by molar-refractivity contribution is 6.07. The molecule has 2 aliphatic carbocycles. The fourth-order valence-electron chi connectivity index (χ4n) is 9.40. The van der Waals surface area contributed by atoms with Crippen molar-refractivity contribution < 1.29 is 0 Å². The van der Waals surface area contributed by atoms with Crippen molar-refractivity contribution in [2.24, 2.45) is 0 Å². The largest absolute Gasteiger partial charge is 0.309 e. The Bertz CT molecular complexity index is 2550. The van der Waals surface area contributed by atoms with Crippen molar-refractivity contribution in [3.8, 4) is 55.6 Å². The maximum Gasteiger partial charge on any atom is 0.0726 e. The van der Waals surface area contributed by atoms with Gasteiger partial charge in [-0.2, -0.15) is 0 Å². The minimum Gasteiger partial charge on any atom is -0.309 e. The molecule has 1 heterocycles. The number of para-hydroxylation sites is 2. The molecular weight excluding hydrogens is 603 g/mol. The Morgan fingerprint density at radius 3 is 1.06 bits per heavy atom. The lowest BCUT2D eigenvalue weighted by Crippen LogP contribution is -2.29. The zero-order valence-electron chi connectivity index (χ0n) is 27.3. The average molecular weight is 634 g/mol. The number of fused-ring (bicyclic) bond motifs is 17. The van der Waals surface area contributed by atoms with E-state index >= 15 is 0 Å². The smallest absolute Gasteiger partial charge is 0.0726 e. The summed E-state index contributed by atoms with van der Waals surface area (Å²) in [7, 11) is 0. The van der Waals surface area contributed by atoms with Crippen LogP contribution in [-0.2, 0) is 5.41 Å². The number of anilines is 3. The first-order valence-corrected chi connectivity index (χ1v) is 17.5. The molecule has 0 atom stereocenters. The van der Waals surface area contributed by atoms with Crippen LogP contribution in [0, 0.1) is 0 Å². The van der Waals surface area contributed by atoms with Gasteiger partial charge < -0.3 is 4.90 Å². The van der Waals surface area contributed by atoms with Crippen molar-refractivity contribution in [3.63, 3.8) is 0 Å². The Morgan fingerprint density at radius 2 is 0.560 bits per heavy atom. The fraction of sp³-hybridized carbons (Fsp3) is 0.0204. The maximum absolute atomic E-state index is 2.53. The molecule has 0 saturated heterocycles. The summed E-state index contributed by atoms with van der Waals surface area (Å²) in [5.41, 5.74) is 21.0. The highest BCUT2D eigenvalue weighted by atomic mass is 15.2. The summed E-state index contributed by atoms with van der Waals surface area (Å²) >= 11 is 0. The second kappa shape index (κ2) is 10.3. The normalized spacial score (nSPS) is 13.7. The van der Waals surface area contributed by atoms with Gasteiger partial charge in [0.2, 0.25) is 0 Å². The van der Waals surface area contributed by atoms with Gasteiger partial charge in [-0.05, 0) is 79.4 Å². The number of hydrogen-bond donors (Lipinski definition) is 0. The zero-order valence-corrected chi connectivity index (χ0v) is 27.3. The van der Waals surface area contributed by atoms with Crippen molar-refractivity contribution in [2.45, 2.75) is 5.41 Å². The summed E-state index contributed by atoms with van der Waals surface area (Å²) in [6.07, 6.45) is 0. The first-order valence-electron chi connectivity index (χ1n) is 17.5. The van der Waals surface area contributed by atoms with Gasteiger partial charge >= 0.3 is 0 Å². The van der Waals surface area contributed by atoms with Gasteiger partial charge in [-0.3, -0.25) is 0 Å². The van der Waals surface area contributed by atoms with Gasteiger partial charge in [0.15, 0.2) is 0 Å². The Labute approximate surface area is 292 Å². The molecule has 3 aliphatic rings. The Kier molecular flexibility index (Phi) is 5.66. The van der Waals surface area contributed by atoms with Gasteiger partial charge in [0, 0.05) is 16.7 Å². The zero-order chi connectivity index (χ0) is 32.8. The van der Waals surface area contributed by atoms with Crippen LogP contribution in [-0.4, -0.2) is 0 Å². The molecule has 0 N–H and O–H groups in total. The third-order valence-electron chi connectivity index (χ3n) is 11.3. The van der Waals surface area contributed by atoms with E-state index in [0.717, 1.165) is 0 Å². The highest BCUT2D eigenvalue weighted by Crippen LogP contribution is 2.64. The lowest BCUT2D eigenvalue weighted by Gasteiger charge is -2.36. The molecule has 1 heteroatoms. The average Bonchev–Trinajstić information content (AvgIpc) is 3.36. The molecular formula is C49H31N. The first-order chi connectivity index (χ1) is 24.9. The van der Waals surface area contributed by atoms with E-state index in [1.165, 1.54) is 95.0 Å². The number of nitrogens with zero attached hydrogens (tertiary/aromatic N) is 1. The summed E-state index contributed by atoms with van der Waals surface area (Å²) in [6, 6.07) is 70.0. The molecule has 50 heavy (non-hydrogen) atoms. The summed E-state index contributed by atoms with van der Waals surface area (Å²) < 4.78 is 0. The van der Waals surface area contributed by atoms with Crippen molar-refractivity contribution in [1.82, 2.24) is 0 Å². The summed E-state index contributed by atoms with van der Waals surface area (Å²) in [6.45, 7) is 0. The van der Waals surface area contributed by atoms with E-state index in [2.05, 4.69) is 193 Å². The van der Waals surface area contributed by atoms with Crippen LogP contribution in [0.1, 0.15) is 22.3 Å². The first kappa shape index (κ1) is 27.5. The van der Waals surface area contributed by atoms with Gasteiger partial charge in [0.05, 0.1) is 22.5 Å². The molecule has 8 aromatic carbocycles. The van der Waals surface area contributed by atoms with Crippen LogP contribution in [0.5, 0.6) is 0 Å². The van der Waals surface area contributed by atoms with Crippen molar-refractivity contribution in [2.75, 3.05) is 4.90 Å².